The fraction of sp³-hybridized carbons (Fsp3) is 0.0215. The number of rotatable bonds is 9. The highest BCUT2D eigenvalue weighted by atomic mass is 15.2. The second-order valence-corrected chi connectivity index (χ2v) is 26.5. The van der Waals surface area contributed by atoms with E-state index in [2.05, 4.69) is 355 Å². The molecule has 0 saturated carbocycles. The predicted molar refractivity (Wildman–Crippen MR) is 415 cm³/mol. The first kappa shape index (κ1) is 56.3. The summed E-state index contributed by atoms with van der Waals surface area (Å²) < 4.78 is 7.20. The summed E-state index contributed by atoms with van der Waals surface area (Å²) in [6, 6.07) is 121. The molecule has 20 aromatic rings. The lowest BCUT2D eigenvalue weighted by molar-refractivity contribution is 0.953. The van der Waals surface area contributed by atoms with Crippen LogP contribution in [-0.4, -0.2) is 28.7 Å². The lowest BCUT2D eigenvalue weighted by atomic mass is 9.95. The molecular formula is C93H60N6. The van der Waals surface area contributed by atoms with Gasteiger partial charge in [-0.25, -0.2) is 4.98 Å². The Morgan fingerprint density at radius 2 is 0.465 bits per heavy atom. The molecule has 0 N–H and O–H groups in total. The average molecular weight is 1260 g/mol. The summed E-state index contributed by atoms with van der Waals surface area (Å²) >= 11 is 0. The first-order valence-corrected chi connectivity index (χ1v) is 34.0. The maximum atomic E-state index is 5.47. The number of nitrogens with zero attached hydrogens (tertiary/aromatic N) is 6. The minimum Gasteiger partial charge on any atom is -0.309 e. The minimum atomic E-state index is 0.536. The van der Waals surface area contributed by atoms with Crippen molar-refractivity contribution in [2.75, 3.05) is 0 Å². The SMILES string of the molecule is Cc1ccc(-c2nc(-c3ccc(C)cc3)nc(-n3c4ccc(-n5c6ccc(-c7cccc8ccccc78)cc6c6cc(-c7cccc8ccccc78)ccc65)cc4c4cc(-n5c6ccc(-c7cccc8ccccc78)cc6c6cc(-c7cccc8ccccc78)ccc65)ccc43)n2)cc1. The fourth-order valence-corrected chi connectivity index (χ4v) is 15.8. The molecule has 0 fully saturated rings. The first-order chi connectivity index (χ1) is 48.9. The molecule has 16 aromatic carbocycles. The van der Waals surface area contributed by atoms with Crippen LogP contribution in [0.15, 0.2) is 328 Å². The molecule has 4 heterocycles. The zero-order valence-corrected chi connectivity index (χ0v) is 54.4. The topological polar surface area (TPSA) is 53.5 Å². The van der Waals surface area contributed by atoms with Gasteiger partial charge in [-0.05, 0) is 186 Å². The molecule has 6 heteroatoms. The van der Waals surface area contributed by atoms with E-state index >= 15 is 0 Å². The minimum absolute atomic E-state index is 0.536. The Morgan fingerprint density at radius 3 is 0.788 bits per heavy atom. The number of aryl methyl sites for hydroxylation is 2. The number of benzene rings is 16. The molecule has 99 heavy (non-hydrogen) atoms. The van der Waals surface area contributed by atoms with Gasteiger partial charge >= 0.3 is 0 Å². The normalized spacial score (nSPS) is 11.9. The third-order valence-electron chi connectivity index (χ3n) is 20.6. The molecule has 0 amide bonds. The molecule has 0 aliphatic rings. The predicted octanol–water partition coefficient (Wildman–Crippen LogP) is 24.4. The van der Waals surface area contributed by atoms with E-state index < -0.39 is 0 Å². The molecule has 4 aromatic heterocycles. The van der Waals surface area contributed by atoms with Gasteiger partial charge in [-0.1, -0.05) is 254 Å². The van der Waals surface area contributed by atoms with E-state index in [4.69, 9.17) is 15.0 Å². The van der Waals surface area contributed by atoms with Crippen LogP contribution >= 0.6 is 0 Å². The van der Waals surface area contributed by atoms with Crippen LogP contribution in [0, 0.1) is 13.8 Å². The van der Waals surface area contributed by atoms with Gasteiger partial charge in [-0.3, -0.25) is 4.57 Å². The molecular weight excluding hydrogens is 1200 g/mol. The van der Waals surface area contributed by atoms with Crippen LogP contribution in [0.4, 0.5) is 0 Å². The van der Waals surface area contributed by atoms with Gasteiger partial charge in [0.15, 0.2) is 11.6 Å². The standard InChI is InChI=1S/C93H60N6/c1-57-31-35-63(36-32-57)91-94-92(64-37-33-58(2)34-38-64)96-93(95-91)99-89-49-43-69(97-85-45-39-65(75-27-11-19-59-15-3-7-23-71(59)75)51-79(85)80-52-66(40-46-86(80)97)76-28-12-20-60-16-4-8-24-72(60)76)55-83(89)84-56-70(44-50-90(84)99)98-87-47-41-67(77-29-13-21-61-17-5-9-25-73(61)77)53-81(87)82-54-68(42-48-88(82)98)78-30-14-22-62-18-6-10-26-74(62)78/h3-56H,1-2H3. The molecule has 0 unspecified atom stereocenters. The van der Waals surface area contributed by atoms with Gasteiger partial charge < -0.3 is 9.13 Å². The molecule has 0 radical (unpaired) electrons. The highest BCUT2D eigenvalue weighted by molar-refractivity contribution is 6.17. The number of aromatic nitrogens is 6. The van der Waals surface area contributed by atoms with Gasteiger partial charge in [0.1, 0.15) is 0 Å². The van der Waals surface area contributed by atoms with E-state index in [1.807, 2.05) is 0 Å². The molecule has 0 bridgehead atoms. The van der Waals surface area contributed by atoms with Crippen molar-refractivity contribution in [3.63, 3.8) is 0 Å². The zero-order valence-electron chi connectivity index (χ0n) is 54.4. The number of fused-ring (bicyclic) bond motifs is 13. The third-order valence-corrected chi connectivity index (χ3v) is 20.6. The molecule has 0 atom stereocenters. The summed E-state index contributed by atoms with van der Waals surface area (Å²) in [6.45, 7) is 4.22. The third kappa shape index (κ3) is 9.14. The highest BCUT2D eigenvalue weighted by Crippen LogP contribution is 2.45. The van der Waals surface area contributed by atoms with Crippen LogP contribution in [0.5, 0.6) is 0 Å². The quantitative estimate of drug-likeness (QED) is 0.145. The Morgan fingerprint density at radius 1 is 0.202 bits per heavy atom. The molecule has 6 nitrogen and oxygen atoms in total. The lowest BCUT2D eigenvalue weighted by Crippen LogP contribution is -2.06. The monoisotopic (exact) mass is 1260 g/mol. The number of hydrogen-bond donors (Lipinski definition) is 0. The Balaban J connectivity index is 0.850. The molecule has 0 aliphatic heterocycles. The Bertz CT molecular complexity index is 6050. The maximum Gasteiger partial charge on any atom is 0.238 e. The van der Waals surface area contributed by atoms with Crippen molar-refractivity contribution in [1.29, 1.82) is 0 Å². The summed E-state index contributed by atoms with van der Waals surface area (Å²) in [5.74, 6) is 1.74. The van der Waals surface area contributed by atoms with Crippen molar-refractivity contribution in [1.82, 2.24) is 28.7 Å². The zero-order chi connectivity index (χ0) is 65.4. The van der Waals surface area contributed by atoms with Crippen molar-refractivity contribution in [3.05, 3.63) is 339 Å². The van der Waals surface area contributed by atoms with Gasteiger partial charge in [-0.15, -0.1) is 0 Å². The van der Waals surface area contributed by atoms with Gasteiger partial charge in [0.05, 0.1) is 33.1 Å². The fourth-order valence-electron chi connectivity index (χ4n) is 15.8. The van der Waals surface area contributed by atoms with Gasteiger partial charge in [0.25, 0.3) is 0 Å². The van der Waals surface area contributed by atoms with Crippen molar-refractivity contribution >= 4 is 109 Å². The molecule has 0 saturated heterocycles. The van der Waals surface area contributed by atoms with E-state index in [0.29, 0.717) is 17.6 Å². The van der Waals surface area contributed by atoms with Crippen LogP contribution in [0.25, 0.3) is 193 Å². The average Bonchev–Trinajstić information content (AvgIpc) is 1.57. The molecule has 0 spiro atoms. The van der Waals surface area contributed by atoms with Crippen molar-refractivity contribution in [3.8, 4) is 84.6 Å². The summed E-state index contributed by atoms with van der Waals surface area (Å²) in [5.41, 5.74) is 22.2. The van der Waals surface area contributed by atoms with E-state index in [1.165, 1.54) is 120 Å². The van der Waals surface area contributed by atoms with Crippen LogP contribution in [-0.2, 0) is 0 Å². The van der Waals surface area contributed by atoms with Gasteiger partial charge in [0, 0.05) is 54.8 Å². The largest absolute Gasteiger partial charge is 0.309 e. The lowest BCUT2D eigenvalue weighted by Gasteiger charge is -2.12. The van der Waals surface area contributed by atoms with E-state index in [-0.39, 0.29) is 0 Å². The smallest absolute Gasteiger partial charge is 0.238 e. The summed E-state index contributed by atoms with van der Waals surface area (Å²) in [4.78, 5) is 16.2. The Kier molecular flexibility index (Phi) is 12.7. The van der Waals surface area contributed by atoms with Crippen molar-refractivity contribution < 1.29 is 0 Å². The first-order valence-electron chi connectivity index (χ1n) is 34.0. The highest BCUT2D eigenvalue weighted by Gasteiger charge is 2.24. The maximum absolute atomic E-state index is 5.47. The second-order valence-electron chi connectivity index (χ2n) is 26.5. The van der Waals surface area contributed by atoms with E-state index in [9.17, 15) is 0 Å². The Hall–Kier alpha value is -13.0. The van der Waals surface area contributed by atoms with Crippen LogP contribution in [0.3, 0.4) is 0 Å². The van der Waals surface area contributed by atoms with Crippen LogP contribution < -0.4 is 0 Å². The second kappa shape index (κ2) is 22.3. The van der Waals surface area contributed by atoms with E-state index in [1.54, 1.807) is 0 Å². The van der Waals surface area contributed by atoms with Crippen LogP contribution in [0.1, 0.15) is 11.1 Å². The Labute approximate surface area is 570 Å². The summed E-state index contributed by atoms with van der Waals surface area (Å²) in [5, 5.41) is 16.6. The molecule has 462 valence electrons. The van der Waals surface area contributed by atoms with Crippen molar-refractivity contribution in [2.45, 2.75) is 13.8 Å². The number of hydrogen-bond acceptors (Lipinski definition) is 3. The van der Waals surface area contributed by atoms with E-state index in [0.717, 1.165) is 66.4 Å². The van der Waals surface area contributed by atoms with Gasteiger partial charge in [-0.2, -0.15) is 9.97 Å². The molecule has 0 aliphatic carbocycles. The summed E-state index contributed by atoms with van der Waals surface area (Å²) in [6.07, 6.45) is 0. The summed E-state index contributed by atoms with van der Waals surface area (Å²) in [7, 11) is 0. The van der Waals surface area contributed by atoms with Crippen molar-refractivity contribution in [2.24, 2.45) is 0 Å². The molecule has 20 rings (SSSR count). The van der Waals surface area contributed by atoms with Crippen LogP contribution in [0.2, 0.25) is 0 Å². The van der Waals surface area contributed by atoms with Gasteiger partial charge in [0.2, 0.25) is 5.95 Å².